The largest absolute Gasteiger partial charge is 0.497 e. The molecule has 0 saturated heterocycles. The standard InChI is InChI=1S/C23H20N2O3/c1-14-3-10-21-19(11-14)18(20(13-24)23(26)25-16-6-7-16)12-22(28-21)15-4-8-17(27-2)9-5-15/h3-5,8-12,16H,6-7H2,1-2H3,(H,25,26). The van der Waals surface area contributed by atoms with Crippen LogP contribution < -0.4 is 14.8 Å². The van der Waals surface area contributed by atoms with E-state index in [-0.39, 0.29) is 17.5 Å². The lowest BCUT2D eigenvalue weighted by Gasteiger charge is -2.22. The van der Waals surface area contributed by atoms with E-state index < -0.39 is 0 Å². The van der Waals surface area contributed by atoms with Gasteiger partial charge < -0.3 is 14.8 Å². The van der Waals surface area contributed by atoms with Crippen LogP contribution in [0.5, 0.6) is 11.5 Å². The molecule has 0 radical (unpaired) electrons. The Hall–Kier alpha value is -3.52. The van der Waals surface area contributed by atoms with Gasteiger partial charge in [-0.1, -0.05) is 11.6 Å². The van der Waals surface area contributed by atoms with Crippen LogP contribution >= 0.6 is 0 Å². The molecule has 5 nitrogen and oxygen atoms in total. The lowest BCUT2D eigenvalue weighted by atomic mass is 9.93. The van der Waals surface area contributed by atoms with Crippen molar-refractivity contribution in [2.45, 2.75) is 25.8 Å². The molecule has 1 heterocycles. The van der Waals surface area contributed by atoms with Crippen molar-refractivity contribution in [3.05, 3.63) is 70.8 Å². The van der Waals surface area contributed by atoms with Gasteiger partial charge in [-0.25, -0.2) is 0 Å². The third kappa shape index (κ3) is 3.49. The van der Waals surface area contributed by atoms with Crippen LogP contribution in [-0.2, 0) is 4.79 Å². The first-order valence-corrected chi connectivity index (χ1v) is 9.19. The number of aryl methyl sites for hydroxylation is 1. The Labute approximate surface area is 163 Å². The summed E-state index contributed by atoms with van der Waals surface area (Å²) in [6.07, 6.45) is 3.70. The highest BCUT2D eigenvalue weighted by Gasteiger charge is 2.28. The maximum atomic E-state index is 12.7. The number of ether oxygens (including phenoxy) is 2. The molecule has 1 amide bonds. The van der Waals surface area contributed by atoms with Crippen LogP contribution in [0.2, 0.25) is 0 Å². The zero-order valence-corrected chi connectivity index (χ0v) is 15.8. The Morgan fingerprint density at radius 1 is 1.21 bits per heavy atom. The van der Waals surface area contributed by atoms with Crippen molar-refractivity contribution in [1.29, 1.82) is 5.26 Å². The van der Waals surface area contributed by atoms with Crippen molar-refractivity contribution < 1.29 is 14.3 Å². The number of nitrogens with zero attached hydrogens (tertiary/aromatic N) is 1. The van der Waals surface area contributed by atoms with Crippen LogP contribution in [0.15, 0.2) is 54.1 Å². The van der Waals surface area contributed by atoms with E-state index in [4.69, 9.17) is 9.47 Å². The summed E-state index contributed by atoms with van der Waals surface area (Å²) >= 11 is 0. The molecule has 2 aromatic rings. The van der Waals surface area contributed by atoms with Crippen LogP contribution in [0.3, 0.4) is 0 Å². The molecule has 4 rings (SSSR count). The molecule has 1 aliphatic carbocycles. The van der Waals surface area contributed by atoms with Gasteiger partial charge in [0.05, 0.1) is 7.11 Å². The summed E-state index contributed by atoms with van der Waals surface area (Å²) in [6.45, 7) is 1.97. The van der Waals surface area contributed by atoms with Crippen LogP contribution in [0.25, 0.3) is 11.3 Å². The molecule has 140 valence electrons. The Kier molecular flexibility index (Phi) is 4.62. The number of amides is 1. The number of methoxy groups -OCH3 is 1. The number of nitriles is 1. The minimum atomic E-state index is -0.334. The van der Waals surface area contributed by atoms with Crippen LogP contribution in [-0.4, -0.2) is 19.1 Å². The number of fused-ring (bicyclic) bond motifs is 1. The number of benzene rings is 2. The fourth-order valence-electron chi connectivity index (χ4n) is 3.12. The first-order valence-electron chi connectivity index (χ1n) is 9.19. The lowest BCUT2D eigenvalue weighted by Crippen LogP contribution is -2.27. The average molecular weight is 372 g/mol. The van der Waals surface area contributed by atoms with Crippen molar-refractivity contribution in [3.63, 3.8) is 0 Å². The molecule has 5 heteroatoms. The summed E-state index contributed by atoms with van der Waals surface area (Å²) in [5, 5.41) is 12.7. The summed E-state index contributed by atoms with van der Waals surface area (Å²) in [5.74, 6) is 1.62. The molecule has 0 bridgehead atoms. The van der Waals surface area contributed by atoms with E-state index in [9.17, 15) is 10.1 Å². The maximum Gasteiger partial charge on any atom is 0.262 e. The summed E-state index contributed by atoms with van der Waals surface area (Å²) in [4.78, 5) is 12.7. The van der Waals surface area contributed by atoms with Crippen molar-refractivity contribution in [3.8, 4) is 17.6 Å². The molecule has 1 fully saturated rings. The highest BCUT2D eigenvalue weighted by molar-refractivity contribution is 6.09. The van der Waals surface area contributed by atoms with Gasteiger partial charge in [-0.3, -0.25) is 4.79 Å². The molecular weight excluding hydrogens is 352 g/mol. The van der Waals surface area contributed by atoms with E-state index in [1.165, 1.54) is 0 Å². The third-order valence-electron chi connectivity index (χ3n) is 4.82. The van der Waals surface area contributed by atoms with Crippen molar-refractivity contribution in [1.82, 2.24) is 5.32 Å². The summed E-state index contributed by atoms with van der Waals surface area (Å²) in [7, 11) is 1.61. The fourth-order valence-corrected chi connectivity index (χ4v) is 3.12. The van der Waals surface area contributed by atoms with Gasteiger partial charge in [0.1, 0.15) is 28.9 Å². The zero-order chi connectivity index (χ0) is 19.7. The van der Waals surface area contributed by atoms with Crippen molar-refractivity contribution in [2.75, 3.05) is 7.11 Å². The molecule has 2 aromatic carbocycles. The maximum absolute atomic E-state index is 12.7. The molecule has 1 N–H and O–H groups in total. The van der Waals surface area contributed by atoms with Gasteiger partial charge in [-0.2, -0.15) is 5.26 Å². The van der Waals surface area contributed by atoms with Gasteiger partial charge >= 0.3 is 0 Å². The lowest BCUT2D eigenvalue weighted by molar-refractivity contribution is -0.117. The SMILES string of the molecule is COc1ccc(C2=CC(=C(C#N)C(=O)NC3CC3)c3cc(C)ccc3O2)cc1. The van der Waals surface area contributed by atoms with E-state index in [0.29, 0.717) is 17.1 Å². The van der Waals surface area contributed by atoms with E-state index in [1.807, 2.05) is 49.4 Å². The Bertz CT molecular complexity index is 1040. The smallest absolute Gasteiger partial charge is 0.262 e. The topological polar surface area (TPSA) is 71.3 Å². The molecule has 1 aliphatic heterocycles. The number of hydrogen-bond donors (Lipinski definition) is 1. The molecule has 28 heavy (non-hydrogen) atoms. The summed E-state index contributed by atoms with van der Waals surface area (Å²) in [6, 6.07) is 15.5. The molecule has 0 unspecified atom stereocenters. The minimum absolute atomic E-state index is 0.105. The van der Waals surface area contributed by atoms with E-state index in [2.05, 4.69) is 11.4 Å². The van der Waals surface area contributed by atoms with Crippen LogP contribution in [0.1, 0.15) is 29.5 Å². The van der Waals surface area contributed by atoms with E-state index in [1.54, 1.807) is 13.2 Å². The first-order chi connectivity index (χ1) is 13.6. The molecule has 0 atom stereocenters. The predicted octanol–water partition coefficient (Wildman–Crippen LogP) is 3.99. The number of nitrogens with one attached hydrogen (secondary N) is 1. The molecule has 0 spiro atoms. The Balaban J connectivity index is 1.83. The number of allylic oxidation sites excluding steroid dienone is 2. The molecular formula is C23H20N2O3. The summed E-state index contributed by atoms with van der Waals surface area (Å²) < 4.78 is 11.3. The van der Waals surface area contributed by atoms with E-state index in [0.717, 1.165) is 35.3 Å². The van der Waals surface area contributed by atoms with Gasteiger partial charge in [0.15, 0.2) is 0 Å². The second-order valence-corrected chi connectivity index (χ2v) is 6.99. The average Bonchev–Trinajstić information content (AvgIpc) is 3.52. The highest BCUT2D eigenvalue weighted by atomic mass is 16.5. The second kappa shape index (κ2) is 7.24. The van der Waals surface area contributed by atoms with Gasteiger partial charge in [0.2, 0.25) is 0 Å². The second-order valence-electron chi connectivity index (χ2n) is 6.99. The van der Waals surface area contributed by atoms with Gasteiger partial charge in [-0.05, 0) is 62.2 Å². The van der Waals surface area contributed by atoms with Crippen molar-refractivity contribution in [2.24, 2.45) is 0 Å². The molecule has 2 aliphatic rings. The Morgan fingerprint density at radius 2 is 1.96 bits per heavy atom. The third-order valence-corrected chi connectivity index (χ3v) is 4.82. The monoisotopic (exact) mass is 372 g/mol. The summed E-state index contributed by atoms with van der Waals surface area (Å²) in [5.41, 5.74) is 3.30. The van der Waals surface area contributed by atoms with Gasteiger partial charge in [-0.15, -0.1) is 0 Å². The minimum Gasteiger partial charge on any atom is -0.497 e. The van der Waals surface area contributed by atoms with E-state index >= 15 is 0 Å². The zero-order valence-electron chi connectivity index (χ0n) is 15.8. The Morgan fingerprint density at radius 3 is 2.61 bits per heavy atom. The highest BCUT2D eigenvalue weighted by Crippen LogP contribution is 2.39. The predicted molar refractivity (Wildman–Crippen MR) is 106 cm³/mol. The fraction of sp³-hybridized carbons (Fsp3) is 0.217. The number of rotatable bonds is 4. The van der Waals surface area contributed by atoms with Crippen molar-refractivity contribution >= 4 is 17.2 Å². The van der Waals surface area contributed by atoms with Crippen LogP contribution in [0, 0.1) is 18.3 Å². The molecule has 0 aromatic heterocycles. The number of hydrogen-bond acceptors (Lipinski definition) is 4. The number of carbonyl (C=O) groups excluding carboxylic acids is 1. The van der Waals surface area contributed by atoms with Crippen LogP contribution in [0.4, 0.5) is 0 Å². The quantitative estimate of drug-likeness (QED) is 0.651. The number of carbonyl (C=O) groups is 1. The van der Waals surface area contributed by atoms with Gasteiger partial charge in [0.25, 0.3) is 5.91 Å². The molecule has 1 saturated carbocycles. The normalized spacial score (nSPS) is 16.8. The first kappa shape index (κ1) is 17.9. The van der Waals surface area contributed by atoms with Gasteiger partial charge in [0, 0.05) is 22.7 Å².